The number of carboxylic acid groups (broad SMARTS) is 1. The minimum Gasteiger partial charge on any atom is -0.481 e. The highest BCUT2D eigenvalue weighted by Crippen LogP contribution is 2.46. The van der Waals surface area contributed by atoms with Gasteiger partial charge in [-0.25, -0.2) is 0 Å². The third kappa shape index (κ3) is 6.56. The molecule has 1 aromatic rings. The molecule has 1 rings (SSSR count). The molecule has 1 aromatic carbocycles. The number of Topliss-reactive ketones (excluding diaryl/α,β-unsaturated/α-hetero) is 1. The van der Waals surface area contributed by atoms with Gasteiger partial charge in [-0.1, -0.05) is 50.1 Å². The van der Waals surface area contributed by atoms with Crippen molar-refractivity contribution in [3.05, 3.63) is 34.9 Å². The molecule has 0 radical (unpaired) electrons. The molecule has 3 unspecified atom stereocenters. The van der Waals surface area contributed by atoms with Crippen LogP contribution in [-0.2, 0) is 19.6 Å². The summed E-state index contributed by atoms with van der Waals surface area (Å²) in [6.45, 7) is 10.6. The first-order chi connectivity index (χ1) is 12.1. The monoisotopic (exact) mass is 398 g/mol. The van der Waals surface area contributed by atoms with Crippen molar-refractivity contribution >= 4 is 19.3 Å². The highest BCUT2D eigenvalue weighted by atomic mass is 31.2. The van der Waals surface area contributed by atoms with E-state index < -0.39 is 36.5 Å². The molecule has 0 aliphatic heterocycles. The second-order valence-corrected chi connectivity index (χ2v) is 10.4. The zero-order chi connectivity index (χ0) is 21.2. The molecule has 3 atom stereocenters. The fraction of sp³-hybridized carbons (Fsp3) is 0.600. The maximum Gasteiger partial charge on any atom is 0.328 e. The number of ketones is 1. The normalized spacial score (nSPS) is 15.9. The van der Waals surface area contributed by atoms with E-state index in [9.17, 15) is 29.0 Å². The fourth-order valence-corrected chi connectivity index (χ4v) is 4.05. The van der Waals surface area contributed by atoms with Crippen LogP contribution in [0.1, 0.15) is 57.2 Å². The molecule has 27 heavy (non-hydrogen) atoms. The second kappa shape index (κ2) is 8.68. The summed E-state index contributed by atoms with van der Waals surface area (Å²) in [5, 5.41) is 9.66. The van der Waals surface area contributed by atoms with Gasteiger partial charge >= 0.3 is 13.6 Å². The Morgan fingerprint density at radius 1 is 1.07 bits per heavy atom. The highest BCUT2D eigenvalue weighted by molar-refractivity contribution is 7.52. The number of carbonyl (C=O) groups is 2. The van der Waals surface area contributed by atoms with E-state index in [4.69, 9.17) is 0 Å². The first-order valence-corrected chi connectivity index (χ1v) is 10.7. The van der Waals surface area contributed by atoms with Gasteiger partial charge in [-0.2, -0.15) is 0 Å². The van der Waals surface area contributed by atoms with Crippen molar-refractivity contribution in [3.8, 4) is 0 Å². The molecule has 0 amide bonds. The van der Waals surface area contributed by atoms with Crippen molar-refractivity contribution in [2.24, 2.45) is 11.8 Å². The summed E-state index contributed by atoms with van der Waals surface area (Å²) >= 11 is 0. The Labute approximate surface area is 161 Å². The van der Waals surface area contributed by atoms with E-state index in [1.807, 2.05) is 45.9 Å². The van der Waals surface area contributed by atoms with Crippen LogP contribution >= 0.6 is 7.60 Å². The van der Waals surface area contributed by atoms with Crippen LogP contribution in [0.3, 0.4) is 0 Å². The lowest BCUT2D eigenvalue weighted by atomic mass is 9.71. The summed E-state index contributed by atoms with van der Waals surface area (Å²) < 4.78 is 11.5. The van der Waals surface area contributed by atoms with Gasteiger partial charge in [0.1, 0.15) is 5.78 Å². The lowest BCUT2D eigenvalue weighted by Crippen LogP contribution is -2.36. The van der Waals surface area contributed by atoms with Crippen LogP contribution in [0.15, 0.2) is 18.2 Å². The predicted octanol–water partition coefficient (Wildman–Crippen LogP) is 3.83. The van der Waals surface area contributed by atoms with Gasteiger partial charge < -0.3 is 14.9 Å². The van der Waals surface area contributed by atoms with E-state index in [-0.39, 0.29) is 18.6 Å². The van der Waals surface area contributed by atoms with Crippen LogP contribution in [0.25, 0.3) is 0 Å². The summed E-state index contributed by atoms with van der Waals surface area (Å²) in [7, 11) is -4.42. The number of hydrogen-bond acceptors (Lipinski definition) is 3. The van der Waals surface area contributed by atoms with Gasteiger partial charge in [-0.15, -0.1) is 0 Å². The molecule has 152 valence electrons. The molecule has 3 N–H and O–H groups in total. The maximum atomic E-state index is 12.3. The largest absolute Gasteiger partial charge is 0.481 e. The Morgan fingerprint density at radius 3 is 1.93 bits per heavy atom. The number of carbonyl (C=O) groups excluding carboxylic acids is 1. The number of aliphatic carboxylic acids is 1. The van der Waals surface area contributed by atoms with Crippen molar-refractivity contribution < 1.29 is 29.0 Å². The van der Waals surface area contributed by atoms with Crippen molar-refractivity contribution in [2.45, 2.75) is 65.5 Å². The molecule has 7 heteroatoms. The Balaban J connectivity index is 3.23. The molecule has 0 saturated carbocycles. The third-order valence-corrected chi connectivity index (χ3v) is 6.59. The molecule has 6 nitrogen and oxygen atoms in total. The number of benzene rings is 1. The molecule has 0 saturated heterocycles. The van der Waals surface area contributed by atoms with E-state index in [2.05, 4.69) is 0 Å². The second-order valence-electron chi connectivity index (χ2n) is 8.30. The SMILES string of the molecule is CC(=O)C(CC(C)(C)c1cc(C)cc(C)c1)C(CC(C)P(=O)(O)O)C(=O)O. The molecular weight excluding hydrogens is 367 g/mol. The van der Waals surface area contributed by atoms with Gasteiger partial charge in [0.25, 0.3) is 0 Å². The van der Waals surface area contributed by atoms with Gasteiger partial charge in [0, 0.05) is 5.92 Å². The Bertz CT molecular complexity index is 729. The average molecular weight is 398 g/mol. The van der Waals surface area contributed by atoms with Crippen LogP contribution in [0.2, 0.25) is 0 Å². The molecule has 0 fully saturated rings. The number of rotatable bonds is 9. The minimum atomic E-state index is -4.42. The van der Waals surface area contributed by atoms with Crippen LogP contribution < -0.4 is 0 Å². The quantitative estimate of drug-likeness (QED) is 0.545. The molecule has 0 aliphatic carbocycles. The lowest BCUT2D eigenvalue weighted by molar-refractivity contribution is -0.147. The van der Waals surface area contributed by atoms with E-state index in [1.165, 1.54) is 13.8 Å². The lowest BCUT2D eigenvalue weighted by Gasteiger charge is -2.33. The molecule has 0 heterocycles. The maximum absolute atomic E-state index is 12.3. The van der Waals surface area contributed by atoms with E-state index >= 15 is 0 Å². The van der Waals surface area contributed by atoms with Crippen molar-refractivity contribution in [3.63, 3.8) is 0 Å². The van der Waals surface area contributed by atoms with Gasteiger partial charge in [0.2, 0.25) is 0 Å². The number of carboxylic acids is 1. The zero-order valence-corrected chi connectivity index (χ0v) is 17.8. The highest BCUT2D eigenvalue weighted by Gasteiger charge is 2.40. The van der Waals surface area contributed by atoms with E-state index in [0.29, 0.717) is 0 Å². The van der Waals surface area contributed by atoms with Crippen molar-refractivity contribution in [2.75, 3.05) is 0 Å². The summed E-state index contributed by atoms with van der Waals surface area (Å²) in [6.07, 6.45) is 0.0445. The smallest absolute Gasteiger partial charge is 0.328 e. The molecule has 0 aliphatic rings. The van der Waals surface area contributed by atoms with Crippen LogP contribution in [0, 0.1) is 25.7 Å². The average Bonchev–Trinajstić information content (AvgIpc) is 2.47. The van der Waals surface area contributed by atoms with Crippen LogP contribution in [-0.4, -0.2) is 32.3 Å². The number of aryl methyl sites for hydroxylation is 2. The standard InChI is InChI=1S/C20H31O6P/c1-12-7-13(2)9-16(8-12)20(5,6)11-18(15(4)21)17(19(22)23)10-14(3)27(24,25)26/h7-9,14,17-18H,10-11H2,1-6H3,(H,22,23)(H2,24,25,26). The summed E-state index contributed by atoms with van der Waals surface area (Å²) in [5.74, 6) is -3.45. The summed E-state index contributed by atoms with van der Waals surface area (Å²) in [5.41, 5.74) is 1.60. The van der Waals surface area contributed by atoms with Gasteiger partial charge in [0.05, 0.1) is 11.6 Å². The molecule has 0 bridgehead atoms. The summed E-state index contributed by atoms with van der Waals surface area (Å²) in [6, 6.07) is 6.10. The topological polar surface area (TPSA) is 112 Å². The zero-order valence-electron chi connectivity index (χ0n) is 16.9. The first-order valence-electron chi connectivity index (χ1n) is 9.02. The summed E-state index contributed by atoms with van der Waals surface area (Å²) in [4.78, 5) is 42.8. The van der Waals surface area contributed by atoms with Gasteiger partial charge in [-0.05, 0) is 44.6 Å². The molecule has 0 aromatic heterocycles. The predicted molar refractivity (Wildman–Crippen MR) is 105 cm³/mol. The Kier molecular flexibility index (Phi) is 7.57. The molecule has 0 spiro atoms. The van der Waals surface area contributed by atoms with Gasteiger partial charge in [-0.3, -0.25) is 14.2 Å². The Morgan fingerprint density at radius 2 is 1.56 bits per heavy atom. The Hall–Kier alpha value is -1.49. The van der Waals surface area contributed by atoms with Gasteiger partial charge in [0.15, 0.2) is 0 Å². The van der Waals surface area contributed by atoms with E-state index in [1.54, 1.807) is 0 Å². The van der Waals surface area contributed by atoms with Crippen LogP contribution in [0.5, 0.6) is 0 Å². The van der Waals surface area contributed by atoms with E-state index in [0.717, 1.165) is 16.7 Å². The molecular formula is C20H31O6P. The fourth-order valence-electron chi connectivity index (χ4n) is 3.54. The third-order valence-electron chi connectivity index (χ3n) is 5.23. The van der Waals surface area contributed by atoms with Crippen molar-refractivity contribution in [1.82, 2.24) is 0 Å². The van der Waals surface area contributed by atoms with Crippen LogP contribution in [0.4, 0.5) is 0 Å². The number of hydrogen-bond donors (Lipinski definition) is 3. The van der Waals surface area contributed by atoms with Crippen molar-refractivity contribution in [1.29, 1.82) is 0 Å². The minimum absolute atomic E-state index is 0.243. The first kappa shape index (κ1) is 23.5.